The number of Topliss-reactive ketones (excluding diaryl/α,β-unsaturated/α-hetero) is 2. The Morgan fingerprint density at radius 3 is 1.37 bits per heavy atom. The van der Waals surface area contributed by atoms with Gasteiger partial charge in [-0.2, -0.15) is 23.5 Å². The molecule has 2 fully saturated rings. The Hall–Kier alpha value is -2.26. The number of carbonyl (C=O) groups is 3. The first-order valence-electron chi connectivity index (χ1n) is 25.5. The van der Waals surface area contributed by atoms with Crippen molar-refractivity contribution >= 4 is 47.2 Å². The molecule has 30 N–H and O–H groups in total. The second-order valence-corrected chi connectivity index (χ2v) is 20.3. The molecule has 0 aromatic carbocycles. The number of thioether (sulfide) groups is 2. The van der Waals surface area contributed by atoms with Crippen molar-refractivity contribution in [1.29, 1.82) is 0 Å². The van der Waals surface area contributed by atoms with Gasteiger partial charge >= 0.3 is 0 Å². The van der Waals surface area contributed by atoms with Crippen LogP contribution in [0.2, 0.25) is 0 Å². The van der Waals surface area contributed by atoms with Gasteiger partial charge in [0, 0.05) is 31.8 Å². The lowest BCUT2D eigenvalue weighted by Crippen LogP contribution is -2.61. The first kappa shape index (κ1) is 83.8. The molecule has 0 radical (unpaired) electrons. The lowest BCUT2D eigenvalue weighted by molar-refractivity contribution is -0.326. The number of carbonyl (C=O) groups excluding carboxylic acids is 3. The van der Waals surface area contributed by atoms with Crippen LogP contribution in [-0.2, 0) is 38.2 Å². The van der Waals surface area contributed by atoms with Crippen LogP contribution in [-0.4, -0.2) is 394 Å². The van der Waals surface area contributed by atoms with Crippen LogP contribution in [0.3, 0.4) is 0 Å². The molecule has 37 nitrogen and oxygen atoms in total. The first-order chi connectivity index (χ1) is 39.4. The number of amides is 1. The van der Waals surface area contributed by atoms with Gasteiger partial charge in [-0.1, -0.05) is 5.16 Å². The lowest BCUT2D eigenvalue weighted by atomic mass is 9.97. The van der Waals surface area contributed by atoms with Crippen LogP contribution >= 0.6 is 23.5 Å². The monoisotopic (exact) mass is 1280 g/mol. The highest BCUT2D eigenvalue weighted by Gasteiger charge is 2.49. The van der Waals surface area contributed by atoms with Gasteiger partial charge in [0.15, 0.2) is 30.8 Å². The van der Waals surface area contributed by atoms with E-state index >= 15 is 0 Å². The summed E-state index contributed by atoms with van der Waals surface area (Å²) >= 11 is 3.04. The largest absolute Gasteiger partial charge is 0.394 e. The standard InChI is InChI=1S/C17H32N2O12S.C16H30O11S.C6H15NO5.C6H13NO5/c1-32-3-2-18-11(24)7-29-19-4-8(22)12(25)16(9(23)5-20)31-17-15(28)14(27)13(26)10(6-21)30-17;1-28-4-2-3-7(19)10(21)13(24)15(8(20)5-17)27-16-14(25)12(23)11(22)9(6-18)26-16;2*7-1-3(9)5(11)6(12)4(10)2-8/h4,8-10,12-17,20-23,25-28H,2-3,5-7H2,1H3,(H,18,24);8-18,20-25H,2-6H2,1H3;3-6,8-12H,1-2,7H2;3,5-6,8-9,11-12H,1-2,7H2/t8?,9?,10?,12-,13-,14+,15?,16-,17-;8?,9?,10?,11-,12-,13+,14?,15+,16-;3-,4+,5+,6+;3-,5-,6-/m1001/s1. The fourth-order valence-corrected chi connectivity index (χ4v) is 7.49. The molecule has 1 amide bonds. The van der Waals surface area contributed by atoms with Gasteiger partial charge in [0.25, 0.3) is 5.91 Å². The molecule has 2 aliphatic rings. The molecule has 2 rings (SSSR count). The predicted molar refractivity (Wildman–Crippen MR) is 285 cm³/mol. The van der Waals surface area contributed by atoms with Crippen molar-refractivity contribution in [1.82, 2.24) is 5.32 Å². The second kappa shape index (κ2) is 45.9. The topological polar surface area (TPSA) is 680 Å². The number of nitrogens with one attached hydrogen (secondary N) is 1. The number of ketones is 2. The molecule has 84 heavy (non-hydrogen) atoms. The first-order valence-corrected chi connectivity index (χ1v) is 28.3. The molecule has 39 heteroatoms. The number of ether oxygens (including phenoxy) is 4. The average Bonchev–Trinajstić information content (AvgIpc) is 3.53. The van der Waals surface area contributed by atoms with Crippen LogP contribution in [0.25, 0.3) is 0 Å². The van der Waals surface area contributed by atoms with Crippen molar-refractivity contribution in [3.05, 3.63) is 0 Å². The van der Waals surface area contributed by atoms with Gasteiger partial charge in [0.1, 0.15) is 135 Å². The number of rotatable bonds is 36. The van der Waals surface area contributed by atoms with Crippen LogP contribution in [0.15, 0.2) is 5.16 Å². The van der Waals surface area contributed by atoms with Crippen molar-refractivity contribution in [3.8, 4) is 0 Å². The van der Waals surface area contributed by atoms with Crippen molar-refractivity contribution in [2.45, 2.75) is 166 Å². The molecule has 0 bridgehead atoms. The van der Waals surface area contributed by atoms with Gasteiger partial charge in [-0.15, -0.1) is 0 Å². The van der Waals surface area contributed by atoms with E-state index in [-0.39, 0.29) is 19.5 Å². The maximum Gasteiger partial charge on any atom is 0.260 e. The molecule has 0 spiro atoms. The number of hydrogen-bond donors (Lipinski definition) is 28. The Morgan fingerprint density at radius 2 is 0.964 bits per heavy atom. The van der Waals surface area contributed by atoms with Gasteiger partial charge in [-0.25, -0.2) is 0 Å². The van der Waals surface area contributed by atoms with E-state index in [9.17, 15) is 96.1 Å². The summed E-state index contributed by atoms with van der Waals surface area (Å²) in [5.41, 5.74) is 9.94. The Balaban J connectivity index is 0. The van der Waals surface area contributed by atoms with Crippen LogP contribution in [0.5, 0.6) is 0 Å². The fourth-order valence-electron chi connectivity index (χ4n) is 6.75. The normalized spacial score (nSPS) is 28.0. The summed E-state index contributed by atoms with van der Waals surface area (Å²) in [5.74, 6) is -0.725. The molecule has 0 aromatic heterocycles. The molecule has 0 aliphatic carbocycles. The fraction of sp³-hybridized carbons (Fsp3) is 0.911. The van der Waals surface area contributed by atoms with E-state index in [1.165, 1.54) is 11.8 Å². The van der Waals surface area contributed by atoms with Gasteiger partial charge in [0.2, 0.25) is 0 Å². The number of nitrogens with zero attached hydrogens (tertiary/aromatic N) is 1. The van der Waals surface area contributed by atoms with E-state index in [1.807, 2.05) is 12.5 Å². The SMILES string of the molecule is CSCCCC(=O)C(O)[C@@H](O)[C@H](O[C@@H]1OC(CO)[C@H](O)[C@H](O)C1O)C(O)CO.CSCCNC(=O)CON=CC(O)[C@@H](O)[C@H](O[C@H]1OC(CO)[C@@H](O)[C@H](O)C1O)C(O)CO.NC[C@@H](O)[C@@H](O)[C@H](O)C(=O)CO.NC[C@H](O)[C@@H](O)[C@H](O)[C@H](O)CO. The zero-order valence-electron chi connectivity index (χ0n) is 45.8. The summed E-state index contributed by atoms with van der Waals surface area (Å²) in [4.78, 5) is 38.8. The molecule has 2 aliphatic heterocycles. The third-order valence-corrected chi connectivity index (χ3v) is 13.3. The Kier molecular flexibility index (Phi) is 45.8. The highest BCUT2D eigenvalue weighted by Crippen LogP contribution is 2.27. The molecular formula is C45H90N4O33S2. The molecule has 2 saturated heterocycles. The number of aliphatic hydroxyl groups excluding tert-OH is 25. The van der Waals surface area contributed by atoms with Crippen LogP contribution < -0.4 is 16.8 Å². The molecule has 2 heterocycles. The maximum absolute atomic E-state index is 12.0. The molecule has 500 valence electrons. The molecule has 0 aromatic rings. The number of hydrogen-bond acceptors (Lipinski definition) is 38. The van der Waals surface area contributed by atoms with E-state index in [1.54, 1.807) is 11.8 Å². The smallest absolute Gasteiger partial charge is 0.260 e. The third-order valence-electron chi connectivity index (χ3n) is 12.0. The van der Waals surface area contributed by atoms with Crippen molar-refractivity contribution in [3.63, 3.8) is 0 Å². The minimum Gasteiger partial charge on any atom is -0.394 e. The predicted octanol–water partition coefficient (Wildman–Crippen LogP) is -16.3. The van der Waals surface area contributed by atoms with Gasteiger partial charge in [0.05, 0.1) is 51.5 Å². The van der Waals surface area contributed by atoms with Crippen molar-refractivity contribution in [2.75, 3.05) is 89.9 Å². The summed E-state index contributed by atoms with van der Waals surface area (Å²) in [6.45, 7) is -5.36. The Labute approximate surface area is 489 Å². The summed E-state index contributed by atoms with van der Waals surface area (Å²) < 4.78 is 20.7. The van der Waals surface area contributed by atoms with E-state index in [0.717, 1.165) is 0 Å². The molecule has 0 saturated carbocycles. The second-order valence-electron chi connectivity index (χ2n) is 18.3. The summed E-state index contributed by atoms with van der Waals surface area (Å²) in [6.07, 6.45) is -37.2. The van der Waals surface area contributed by atoms with Crippen LogP contribution in [0.4, 0.5) is 0 Å². The zero-order chi connectivity index (χ0) is 65.1. The highest BCUT2D eigenvalue weighted by molar-refractivity contribution is 7.98. The van der Waals surface area contributed by atoms with Gasteiger partial charge in [-0.05, 0) is 24.7 Å². The highest BCUT2D eigenvalue weighted by atomic mass is 32.2. The summed E-state index contributed by atoms with van der Waals surface area (Å²) in [5, 5.41) is 242. The minimum absolute atomic E-state index is 0.0267. The number of aliphatic hydroxyl groups is 25. The molecule has 8 unspecified atom stereocenters. The van der Waals surface area contributed by atoms with Crippen molar-refractivity contribution in [2.24, 2.45) is 16.6 Å². The van der Waals surface area contributed by atoms with E-state index in [4.69, 9.17) is 81.2 Å². The maximum atomic E-state index is 12.0. The summed E-state index contributed by atoms with van der Waals surface area (Å²) in [6, 6.07) is 0. The number of nitrogens with two attached hydrogens (primary N) is 2. The van der Waals surface area contributed by atoms with E-state index in [2.05, 4.69) is 10.5 Å². The average molecular weight is 1280 g/mol. The minimum atomic E-state index is -1.98. The van der Waals surface area contributed by atoms with E-state index in [0.29, 0.717) is 30.7 Å². The molecular weight excluding hydrogens is 1190 g/mol. The van der Waals surface area contributed by atoms with Crippen LogP contribution in [0.1, 0.15) is 12.8 Å². The van der Waals surface area contributed by atoms with E-state index < -0.39 is 217 Å². The Morgan fingerprint density at radius 1 is 0.548 bits per heavy atom. The Bertz CT molecular complexity index is 1740. The van der Waals surface area contributed by atoms with Gasteiger partial charge in [-0.3, -0.25) is 14.4 Å². The van der Waals surface area contributed by atoms with Crippen molar-refractivity contribution < 1.29 is 166 Å². The summed E-state index contributed by atoms with van der Waals surface area (Å²) in [7, 11) is 0. The zero-order valence-corrected chi connectivity index (χ0v) is 47.4. The number of oxime groups is 1. The quantitative estimate of drug-likeness (QED) is 0.0157. The molecule has 25 atom stereocenters. The van der Waals surface area contributed by atoms with Gasteiger partial charge < -0.3 is 168 Å². The lowest BCUT2D eigenvalue weighted by Gasteiger charge is -2.42. The third kappa shape index (κ3) is 28.9. The van der Waals surface area contributed by atoms with Crippen LogP contribution in [0, 0.1) is 0 Å².